The van der Waals surface area contributed by atoms with Crippen LogP contribution in [0.4, 0.5) is 0 Å². The number of aryl methyl sites for hydroxylation is 1. The summed E-state index contributed by atoms with van der Waals surface area (Å²) in [5, 5.41) is 8.90. The lowest BCUT2D eigenvalue weighted by Crippen LogP contribution is -2.28. The summed E-state index contributed by atoms with van der Waals surface area (Å²) in [5.41, 5.74) is 11.2. The summed E-state index contributed by atoms with van der Waals surface area (Å²) in [4.78, 5) is 8.83. The van der Waals surface area contributed by atoms with Gasteiger partial charge in [-0.3, -0.25) is 15.1 Å². The third-order valence-electron chi connectivity index (χ3n) is 5.29. The van der Waals surface area contributed by atoms with E-state index in [4.69, 9.17) is 10.8 Å². The van der Waals surface area contributed by atoms with Gasteiger partial charge in [-0.05, 0) is 25.7 Å². The molecule has 1 aromatic rings. The molecule has 4 rings (SSSR count). The maximum absolute atomic E-state index is 6.07. The van der Waals surface area contributed by atoms with Crippen LogP contribution in [0.15, 0.2) is 21.3 Å². The highest BCUT2D eigenvalue weighted by Gasteiger charge is 2.34. The van der Waals surface area contributed by atoms with Crippen LogP contribution in [0.5, 0.6) is 0 Å². The van der Waals surface area contributed by atoms with Gasteiger partial charge in [0, 0.05) is 24.5 Å². The van der Waals surface area contributed by atoms with Crippen LogP contribution in [0, 0.1) is 18.8 Å². The van der Waals surface area contributed by atoms with Gasteiger partial charge in [-0.15, -0.1) is 0 Å². The summed E-state index contributed by atoms with van der Waals surface area (Å²) in [6.07, 6.45) is 10.8. The van der Waals surface area contributed by atoms with Crippen molar-refractivity contribution in [1.29, 1.82) is 0 Å². The zero-order chi connectivity index (χ0) is 15.8. The van der Waals surface area contributed by atoms with Crippen LogP contribution in [-0.2, 0) is 0 Å². The molecule has 7 heteroatoms. The van der Waals surface area contributed by atoms with Crippen LogP contribution in [0.1, 0.15) is 49.0 Å². The molecule has 1 aromatic heterocycles. The fourth-order valence-corrected chi connectivity index (χ4v) is 4.02. The molecule has 1 aliphatic carbocycles. The van der Waals surface area contributed by atoms with E-state index in [1.165, 1.54) is 25.7 Å². The summed E-state index contributed by atoms with van der Waals surface area (Å²) in [6, 6.07) is 0.290. The number of hydrogen-bond donors (Lipinski definition) is 2. The predicted molar refractivity (Wildman–Crippen MR) is 90.8 cm³/mol. The van der Waals surface area contributed by atoms with Crippen molar-refractivity contribution in [2.75, 3.05) is 6.54 Å². The first-order valence-corrected chi connectivity index (χ1v) is 8.42. The molecule has 0 saturated heterocycles. The maximum Gasteiger partial charge on any atom is 0.135 e. The second kappa shape index (κ2) is 5.88. The standard InChI is InChI=1S/C16H23N7/c1-10-13(15-12-7-20-21-16(12)19-9-18-15)8-23(22-10)14(6-17)11-4-2-3-5-11/h7-9,11-12,14-15H,2-6,17H2,1H3,(H,18,19,21). The van der Waals surface area contributed by atoms with E-state index in [0.29, 0.717) is 18.5 Å². The number of aliphatic imine (C=N–C) groups is 2. The molecule has 3 N–H and O–H groups in total. The number of aromatic nitrogens is 2. The van der Waals surface area contributed by atoms with Gasteiger partial charge in [0.2, 0.25) is 0 Å². The van der Waals surface area contributed by atoms with Crippen LogP contribution < -0.4 is 11.2 Å². The molecule has 3 heterocycles. The number of nitrogens with one attached hydrogen (secondary N) is 1. The number of nitrogens with two attached hydrogens (primary N) is 1. The summed E-state index contributed by atoms with van der Waals surface area (Å²) in [7, 11) is 0. The number of rotatable bonds is 4. The Morgan fingerprint density at radius 3 is 3.00 bits per heavy atom. The lowest BCUT2D eigenvalue weighted by Gasteiger charge is -2.22. The molecular weight excluding hydrogens is 290 g/mol. The van der Waals surface area contributed by atoms with Gasteiger partial charge in [-0.2, -0.15) is 10.2 Å². The Morgan fingerprint density at radius 1 is 1.39 bits per heavy atom. The Balaban J connectivity index is 1.63. The Hall–Kier alpha value is -2.02. The average Bonchev–Trinajstić information content (AvgIpc) is 3.28. The minimum atomic E-state index is -0.00278. The summed E-state index contributed by atoms with van der Waals surface area (Å²) in [5.74, 6) is 1.59. The molecule has 1 fully saturated rings. The van der Waals surface area contributed by atoms with Crippen molar-refractivity contribution in [3.8, 4) is 0 Å². The maximum atomic E-state index is 6.07. The largest absolute Gasteiger partial charge is 0.328 e. The van der Waals surface area contributed by atoms with Gasteiger partial charge in [-0.25, -0.2) is 4.99 Å². The van der Waals surface area contributed by atoms with Crippen molar-refractivity contribution in [2.45, 2.75) is 44.7 Å². The first kappa shape index (κ1) is 14.6. The molecule has 122 valence electrons. The topological polar surface area (TPSA) is 93.0 Å². The molecule has 3 unspecified atom stereocenters. The molecule has 3 aliphatic rings. The summed E-state index contributed by atoms with van der Waals surface area (Å²) in [6.45, 7) is 2.69. The molecule has 0 aromatic carbocycles. The van der Waals surface area contributed by atoms with E-state index in [2.05, 4.69) is 38.3 Å². The van der Waals surface area contributed by atoms with Gasteiger partial charge < -0.3 is 5.73 Å². The van der Waals surface area contributed by atoms with Crippen LogP contribution in [0.2, 0.25) is 0 Å². The number of hydrogen-bond acceptors (Lipinski definition) is 6. The van der Waals surface area contributed by atoms with Crippen LogP contribution in [0.25, 0.3) is 0 Å². The molecular formula is C16H23N7. The first-order valence-electron chi connectivity index (χ1n) is 8.42. The smallest absolute Gasteiger partial charge is 0.135 e. The number of amidine groups is 1. The van der Waals surface area contributed by atoms with E-state index in [9.17, 15) is 0 Å². The zero-order valence-electron chi connectivity index (χ0n) is 13.4. The van der Waals surface area contributed by atoms with E-state index >= 15 is 0 Å². The predicted octanol–water partition coefficient (Wildman–Crippen LogP) is 1.57. The van der Waals surface area contributed by atoms with Crippen LogP contribution in [0.3, 0.4) is 0 Å². The summed E-state index contributed by atoms with van der Waals surface area (Å²) < 4.78 is 2.08. The average molecular weight is 313 g/mol. The van der Waals surface area contributed by atoms with Crippen molar-refractivity contribution in [3.63, 3.8) is 0 Å². The van der Waals surface area contributed by atoms with Crippen LogP contribution in [-0.4, -0.2) is 34.7 Å². The molecule has 7 nitrogen and oxygen atoms in total. The number of fused-ring (bicyclic) bond motifs is 1. The van der Waals surface area contributed by atoms with Gasteiger partial charge in [0.25, 0.3) is 0 Å². The van der Waals surface area contributed by atoms with Gasteiger partial charge in [0.05, 0.1) is 23.7 Å². The highest BCUT2D eigenvalue weighted by Crippen LogP contribution is 2.36. The Labute approximate surface area is 135 Å². The highest BCUT2D eigenvalue weighted by atomic mass is 15.4. The molecule has 3 atom stereocenters. The third-order valence-corrected chi connectivity index (χ3v) is 5.29. The fourth-order valence-electron chi connectivity index (χ4n) is 4.02. The molecule has 1 saturated carbocycles. The second-order valence-corrected chi connectivity index (χ2v) is 6.64. The summed E-state index contributed by atoms with van der Waals surface area (Å²) >= 11 is 0. The normalized spacial score (nSPS) is 27.8. The van der Waals surface area contributed by atoms with E-state index in [-0.39, 0.29) is 12.0 Å². The van der Waals surface area contributed by atoms with Gasteiger partial charge >= 0.3 is 0 Å². The Kier molecular flexibility index (Phi) is 3.72. The minimum absolute atomic E-state index is 0.00278. The number of nitrogens with zero attached hydrogens (tertiary/aromatic N) is 5. The van der Waals surface area contributed by atoms with E-state index < -0.39 is 0 Å². The van der Waals surface area contributed by atoms with Crippen molar-refractivity contribution in [3.05, 3.63) is 17.5 Å². The van der Waals surface area contributed by atoms with E-state index in [0.717, 1.165) is 17.1 Å². The van der Waals surface area contributed by atoms with E-state index in [1.807, 2.05) is 6.21 Å². The lowest BCUT2D eigenvalue weighted by atomic mass is 9.93. The van der Waals surface area contributed by atoms with Crippen molar-refractivity contribution < 1.29 is 0 Å². The van der Waals surface area contributed by atoms with Gasteiger partial charge in [0.1, 0.15) is 12.2 Å². The quantitative estimate of drug-likeness (QED) is 0.883. The molecule has 23 heavy (non-hydrogen) atoms. The van der Waals surface area contributed by atoms with E-state index in [1.54, 1.807) is 6.34 Å². The first-order chi connectivity index (χ1) is 11.3. The second-order valence-electron chi connectivity index (χ2n) is 6.64. The monoisotopic (exact) mass is 313 g/mol. The highest BCUT2D eigenvalue weighted by molar-refractivity contribution is 6.05. The molecule has 0 spiro atoms. The molecule has 0 radical (unpaired) electrons. The van der Waals surface area contributed by atoms with Crippen molar-refractivity contribution in [1.82, 2.24) is 15.2 Å². The van der Waals surface area contributed by atoms with Crippen molar-refractivity contribution in [2.24, 2.45) is 32.7 Å². The van der Waals surface area contributed by atoms with Crippen LogP contribution >= 0.6 is 0 Å². The molecule has 0 bridgehead atoms. The lowest BCUT2D eigenvalue weighted by molar-refractivity contribution is 0.316. The van der Waals surface area contributed by atoms with Crippen molar-refractivity contribution >= 4 is 18.4 Å². The van der Waals surface area contributed by atoms with Gasteiger partial charge in [-0.1, -0.05) is 12.8 Å². The fraction of sp³-hybridized carbons (Fsp3) is 0.625. The molecule has 2 aliphatic heterocycles. The number of hydrazone groups is 1. The zero-order valence-corrected chi connectivity index (χ0v) is 13.4. The molecule has 0 amide bonds. The Morgan fingerprint density at radius 2 is 2.22 bits per heavy atom. The van der Waals surface area contributed by atoms with Gasteiger partial charge in [0.15, 0.2) is 0 Å². The SMILES string of the molecule is Cc1nn(C(CN)C2CCCC2)cc1C1N=CN=C2NN=CC21. The third kappa shape index (κ3) is 2.49. The Bertz CT molecular complexity index is 666. The minimum Gasteiger partial charge on any atom is -0.328 e.